The average Bonchev–Trinajstić information content (AvgIpc) is 2.88. The highest BCUT2D eigenvalue weighted by Crippen LogP contribution is 2.37. The van der Waals surface area contributed by atoms with Gasteiger partial charge in [-0.1, -0.05) is 18.2 Å². The second-order valence-corrected chi connectivity index (χ2v) is 10.3. The van der Waals surface area contributed by atoms with Gasteiger partial charge in [-0.25, -0.2) is 9.69 Å². The fraction of sp³-hybridized carbons (Fsp3) is 0.0417. The van der Waals surface area contributed by atoms with E-state index in [9.17, 15) is 32.9 Å². The van der Waals surface area contributed by atoms with E-state index in [1.165, 1.54) is 49.6 Å². The van der Waals surface area contributed by atoms with Crippen molar-refractivity contribution in [2.24, 2.45) is 0 Å². The molecule has 0 radical (unpaired) electrons. The topological polar surface area (TPSA) is 162 Å². The molecule has 0 bridgehead atoms. The number of non-ortho nitro benzene ring substituents is 1. The van der Waals surface area contributed by atoms with Gasteiger partial charge in [0.25, 0.3) is 17.5 Å². The molecule has 1 aliphatic heterocycles. The lowest BCUT2D eigenvalue weighted by atomic mass is 10.1. The van der Waals surface area contributed by atoms with E-state index >= 15 is 0 Å². The molecule has 0 spiro atoms. The van der Waals surface area contributed by atoms with Crippen molar-refractivity contribution >= 4 is 68.0 Å². The average molecular weight is 649 g/mol. The molecule has 1 saturated heterocycles. The van der Waals surface area contributed by atoms with Gasteiger partial charge in [-0.3, -0.25) is 25.0 Å². The Morgan fingerprint density at radius 2 is 1.68 bits per heavy atom. The Morgan fingerprint density at radius 3 is 2.29 bits per heavy atom. The third kappa shape index (κ3) is 5.35. The number of methoxy groups -OCH3 is 1. The van der Waals surface area contributed by atoms with Crippen molar-refractivity contribution in [3.8, 4) is 11.5 Å². The lowest BCUT2D eigenvalue weighted by molar-refractivity contribution is -0.384. The monoisotopic (exact) mass is 649 g/mol. The van der Waals surface area contributed by atoms with E-state index in [4.69, 9.17) is 8.92 Å². The largest absolute Gasteiger partial charge is 0.493 e. The molecule has 4 rings (SSSR count). The Balaban J connectivity index is 1.69. The smallest absolute Gasteiger partial charge is 0.339 e. The first kappa shape index (κ1) is 26.7. The fourth-order valence-electron chi connectivity index (χ4n) is 3.43. The third-order valence-electron chi connectivity index (χ3n) is 5.21. The first-order valence-corrected chi connectivity index (χ1v) is 13.0. The molecule has 0 aliphatic carbocycles. The molecule has 0 atom stereocenters. The molecule has 3 aromatic carbocycles. The predicted molar refractivity (Wildman–Crippen MR) is 142 cm³/mol. The number of amides is 4. The molecule has 1 fully saturated rings. The molecular weight excluding hydrogens is 633 g/mol. The highest BCUT2D eigenvalue weighted by Gasteiger charge is 2.37. The van der Waals surface area contributed by atoms with Crippen LogP contribution in [0.15, 0.2) is 77.2 Å². The van der Waals surface area contributed by atoms with Crippen molar-refractivity contribution in [2.75, 3.05) is 12.0 Å². The maximum atomic E-state index is 13.1. The quantitative estimate of drug-likeness (QED) is 0.101. The maximum Gasteiger partial charge on any atom is 0.339 e. The van der Waals surface area contributed by atoms with Crippen LogP contribution in [-0.4, -0.2) is 38.3 Å². The van der Waals surface area contributed by atoms with Crippen LogP contribution in [0.2, 0.25) is 0 Å². The van der Waals surface area contributed by atoms with Crippen molar-refractivity contribution < 1.29 is 36.6 Å². The number of anilines is 1. The summed E-state index contributed by atoms with van der Waals surface area (Å²) >= 11 is 1.82. The molecule has 3 aromatic rings. The minimum absolute atomic E-state index is 0.00947. The molecule has 12 nitrogen and oxygen atoms in total. The number of ether oxygens (including phenoxy) is 1. The Hall–Kier alpha value is -4.31. The highest BCUT2D eigenvalue weighted by molar-refractivity contribution is 14.1. The summed E-state index contributed by atoms with van der Waals surface area (Å²) in [4.78, 5) is 48.9. The standard InChI is InChI=1S/C24H16IN3O9S/c1-36-20-13-14(12-19(25)21(20)37-38(34,35)17-5-3-2-4-6-17)11-18-22(29)26-24(31)27(23(18)30)15-7-9-16(10-8-15)28(32)33/h2-13H,1H3,(H,26,29,31)/b18-11+. The van der Waals surface area contributed by atoms with Gasteiger partial charge in [-0.2, -0.15) is 8.42 Å². The number of imide groups is 2. The fourth-order valence-corrected chi connectivity index (χ4v) is 5.29. The van der Waals surface area contributed by atoms with E-state index in [1.54, 1.807) is 18.2 Å². The molecule has 0 saturated carbocycles. The molecule has 1 aliphatic rings. The summed E-state index contributed by atoms with van der Waals surface area (Å²) in [6, 6.07) is 13.9. The number of hydrogen-bond donors (Lipinski definition) is 1. The number of carbonyl (C=O) groups is 3. The van der Waals surface area contributed by atoms with Gasteiger partial charge in [0.1, 0.15) is 10.5 Å². The summed E-state index contributed by atoms with van der Waals surface area (Å²) in [5, 5.41) is 13.0. The summed E-state index contributed by atoms with van der Waals surface area (Å²) in [5.74, 6) is -2.01. The van der Waals surface area contributed by atoms with E-state index in [1.807, 2.05) is 22.6 Å². The van der Waals surface area contributed by atoms with Crippen molar-refractivity contribution in [1.29, 1.82) is 0 Å². The van der Waals surface area contributed by atoms with E-state index < -0.39 is 38.5 Å². The lowest BCUT2D eigenvalue weighted by Crippen LogP contribution is -2.54. The number of carbonyl (C=O) groups excluding carboxylic acids is 3. The van der Waals surface area contributed by atoms with Crippen molar-refractivity contribution in [2.45, 2.75) is 4.90 Å². The first-order valence-electron chi connectivity index (χ1n) is 10.5. The van der Waals surface area contributed by atoms with E-state index in [0.717, 1.165) is 12.1 Å². The number of nitrogens with zero attached hydrogens (tertiary/aromatic N) is 2. The molecule has 4 amide bonds. The Kier molecular flexibility index (Phi) is 7.45. The van der Waals surface area contributed by atoms with Gasteiger partial charge in [-0.05, 0) is 70.6 Å². The van der Waals surface area contributed by atoms with Crippen LogP contribution in [-0.2, 0) is 19.7 Å². The van der Waals surface area contributed by atoms with Gasteiger partial charge in [0, 0.05) is 12.1 Å². The number of nitrogens with one attached hydrogen (secondary N) is 1. The van der Waals surface area contributed by atoms with Crippen LogP contribution in [0.5, 0.6) is 11.5 Å². The van der Waals surface area contributed by atoms with Crippen molar-refractivity contribution in [3.05, 3.63) is 91.6 Å². The van der Waals surface area contributed by atoms with E-state index in [2.05, 4.69) is 5.32 Å². The SMILES string of the molecule is COc1cc(/C=C2\C(=O)NC(=O)N(c3ccc([N+](=O)[O-])cc3)C2=O)cc(I)c1OS(=O)(=O)c1ccccc1. The maximum absolute atomic E-state index is 13.1. The Labute approximate surface area is 229 Å². The van der Waals surface area contributed by atoms with Gasteiger partial charge in [0.15, 0.2) is 11.5 Å². The van der Waals surface area contributed by atoms with Crippen LogP contribution in [0.3, 0.4) is 0 Å². The van der Waals surface area contributed by atoms with Crippen molar-refractivity contribution in [3.63, 3.8) is 0 Å². The zero-order valence-corrected chi connectivity index (χ0v) is 22.3. The predicted octanol–water partition coefficient (Wildman–Crippen LogP) is 3.64. The van der Waals surface area contributed by atoms with Gasteiger partial charge >= 0.3 is 16.1 Å². The summed E-state index contributed by atoms with van der Waals surface area (Å²) in [6.07, 6.45) is 1.20. The van der Waals surface area contributed by atoms with Crippen LogP contribution >= 0.6 is 22.6 Å². The zero-order chi connectivity index (χ0) is 27.6. The van der Waals surface area contributed by atoms with Crippen LogP contribution < -0.4 is 19.1 Å². The minimum Gasteiger partial charge on any atom is -0.493 e. The first-order chi connectivity index (χ1) is 18.0. The van der Waals surface area contributed by atoms with E-state index in [-0.39, 0.29) is 33.3 Å². The lowest BCUT2D eigenvalue weighted by Gasteiger charge is -2.26. The van der Waals surface area contributed by atoms with Gasteiger partial charge in [0.05, 0.1) is 21.3 Å². The number of nitro benzene ring substituents is 1. The summed E-state index contributed by atoms with van der Waals surface area (Å²) in [6.45, 7) is 0. The van der Waals surface area contributed by atoms with Gasteiger partial charge in [0.2, 0.25) is 0 Å². The molecule has 14 heteroatoms. The summed E-state index contributed by atoms with van der Waals surface area (Å²) in [7, 11) is -2.89. The normalized spacial score (nSPS) is 14.8. The van der Waals surface area contributed by atoms with Gasteiger partial charge < -0.3 is 8.92 Å². The second kappa shape index (κ2) is 10.6. The van der Waals surface area contributed by atoms with Gasteiger partial charge in [-0.15, -0.1) is 0 Å². The molecule has 1 N–H and O–H groups in total. The van der Waals surface area contributed by atoms with E-state index in [0.29, 0.717) is 8.47 Å². The number of rotatable bonds is 7. The van der Waals surface area contributed by atoms with Crippen molar-refractivity contribution in [1.82, 2.24) is 5.32 Å². The number of nitro groups is 1. The summed E-state index contributed by atoms with van der Waals surface area (Å²) in [5.41, 5.74) is -0.374. The number of halogens is 1. The number of hydrogen-bond acceptors (Lipinski definition) is 9. The molecule has 194 valence electrons. The molecule has 38 heavy (non-hydrogen) atoms. The van der Waals surface area contributed by atoms with Crippen LogP contribution in [0, 0.1) is 13.7 Å². The molecule has 0 aromatic heterocycles. The highest BCUT2D eigenvalue weighted by atomic mass is 127. The molecule has 0 unspecified atom stereocenters. The van der Waals surface area contributed by atoms with Crippen LogP contribution in [0.1, 0.15) is 5.56 Å². The zero-order valence-electron chi connectivity index (χ0n) is 19.3. The summed E-state index contributed by atoms with van der Waals surface area (Å²) < 4.78 is 36.3. The minimum atomic E-state index is -4.18. The third-order valence-corrected chi connectivity index (χ3v) is 7.24. The van der Waals surface area contributed by atoms with Crippen LogP contribution in [0.4, 0.5) is 16.2 Å². The number of barbiturate groups is 1. The molecule has 1 heterocycles. The Morgan fingerprint density at radius 1 is 1.03 bits per heavy atom. The number of benzene rings is 3. The second-order valence-electron chi connectivity index (χ2n) is 7.62. The number of urea groups is 1. The Bertz CT molecular complexity index is 1610. The van der Waals surface area contributed by atoms with Crippen LogP contribution in [0.25, 0.3) is 6.08 Å². The molecular formula is C24H16IN3O9S.